The molecule has 0 aliphatic heterocycles. The highest BCUT2D eigenvalue weighted by Crippen LogP contribution is 2.21. The van der Waals surface area contributed by atoms with E-state index in [9.17, 15) is 0 Å². The van der Waals surface area contributed by atoms with Crippen molar-refractivity contribution < 1.29 is 0 Å². The molecule has 2 nitrogen and oxygen atoms in total. The van der Waals surface area contributed by atoms with Gasteiger partial charge in [-0.05, 0) is 38.0 Å². The molecule has 0 aromatic heterocycles. The molecule has 1 aromatic rings. The van der Waals surface area contributed by atoms with Gasteiger partial charge < -0.3 is 5.73 Å². The quantitative estimate of drug-likeness (QED) is 0.809. The van der Waals surface area contributed by atoms with Crippen molar-refractivity contribution in [3.63, 3.8) is 0 Å². The van der Waals surface area contributed by atoms with Gasteiger partial charge in [-0.25, -0.2) is 0 Å². The summed E-state index contributed by atoms with van der Waals surface area (Å²) in [5.74, 6) is 1.21. The van der Waals surface area contributed by atoms with Crippen molar-refractivity contribution in [3.8, 4) is 0 Å². The van der Waals surface area contributed by atoms with E-state index in [-0.39, 0.29) is 0 Å². The number of nitrogens with zero attached hydrogens (tertiary/aromatic N) is 1. The van der Waals surface area contributed by atoms with Crippen LogP contribution in [0.5, 0.6) is 0 Å². The summed E-state index contributed by atoms with van der Waals surface area (Å²) in [5.41, 5.74) is 7.24. The molecule has 2 N–H and O–H groups in total. The Morgan fingerprint density at radius 2 is 1.94 bits per heavy atom. The summed E-state index contributed by atoms with van der Waals surface area (Å²) in [6.07, 6.45) is 3.37. The smallest absolute Gasteiger partial charge is 0.0470 e. The molecule has 0 saturated heterocycles. The monoisotopic (exact) mass is 252 g/mol. The first kappa shape index (κ1) is 14.6. The second-order valence-electron chi connectivity index (χ2n) is 4.46. The van der Waals surface area contributed by atoms with Gasteiger partial charge >= 0.3 is 0 Å². The van der Waals surface area contributed by atoms with Crippen LogP contribution in [0.15, 0.2) is 30.3 Å². The highest BCUT2D eigenvalue weighted by Gasteiger charge is 2.19. The van der Waals surface area contributed by atoms with Crippen molar-refractivity contribution in [1.29, 1.82) is 0 Å². The largest absolute Gasteiger partial charge is 0.329 e. The van der Waals surface area contributed by atoms with Gasteiger partial charge in [0.2, 0.25) is 0 Å². The van der Waals surface area contributed by atoms with Crippen molar-refractivity contribution in [2.75, 3.05) is 25.6 Å². The van der Waals surface area contributed by atoms with Crippen molar-refractivity contribution in [1.82, 2.24) is 4.90 Å². The van der Waals surface area contributed by atoms with Gasteiger partial charge in [0.05, 0.1) is 0 Å². The van der Waals surface area contributed by atoms with E-state index >= 15 is 0 Å². The first-order valence-electron chi connectivity index (χ1n) is 6.16. The van der Waals surface area contributed by atoms with Crippen molar-refractivity contribution in [2.45, 2.75) is 25.4 Å². The molecule has 2 atom stereocenters. The maximum atomic E-state index is 5.93. The van der Waals surface area contributed by atoms with E-state index in [2.05, 4.69) is 49.4 Å². The normalized spacial score (nSPS) is 14.9. The average molecular weight is 252 g/mol. The lowest BCUT2D eigenvalue weighted by Gasteiger charge is -2.32. The van der Waals surface area contributed by atoms with Gasteiger partial charge in [-0.1, -0.05) is 30.3 Å². The van der Waals surface area contributed by atoms with Crippen LogP contribution in [0, 0.1) is 0 Å². The van der Waals surface area contributed by atoms with Crippen LogP contribution in [0.25, 0.3) is 0 Å². The van der Waals surface area contributed by atoms with Crippen LogP contribution in [0.1, 0.15) is 24.9 Å². The maximum Gasteiger partial charge on any atom is 0.0470 e. The Balaban J connectivity index is 2.67. The standard InChI is InChI=1S/C14H24N2S/c1-12(9-10-17-3)16(2)14(11-15)13-7-5-4-6-8-13/h4-8,12,14H,9-11,15H2,1-3H3. The van der Waals surface area contributed by atoms with E-state index < -0.39 is 0 Å². The molecule has 3 heteroatoms. The fraction of sp³-hybridized carbons (Fsp3) is 0.571. The molecular weight excluding hydrogens is 228 g/mol. The molecule has 1 aromatic carbocycles. The zero-order chi connectivity index (χ0) is 12.7. The average Bonchev–Trinajstić information content (AvgIpc) is 2.38. The van der Waals surface area contributed by atoms with Crippen LogP contribution in [0.3, 0.4) is 0 Å². The Morgan fingerprint density at radius 1 is 1.29 bits per heavy atom. The molecule has 1 rings (SSSR count). The van der Waals surface area contributed by atoms with Gasteiger partial charge in [-0.2, -0.15) is 11.8 Å². The van der Waals surface area contributed by atoms with Crippen LogP contribution < -0.4 is 5.73 Å². The Morgan fingerprint density at radius 3 is 2.47 bits per heavy atom. The number of likely N-dealkylation sites (N-methyl/N-ethyl adjacent to an activating group) is 1. The number of hydrogen-bond donors (Lipinski definition) is 1. The lowest BCUT2D eigenvalue weighted by atomic mass is 10.0. The Bertz CT molecular complexity index is 302. The zero-order valence-corrected chi connectivity index (χ0v) is 11.9. The highest BCUT2D eigenvalue weighted by molar-refractivity contribution is 7.98. The Hall–Kier alpha value is -0.510. The molecule has 0 bridgehead atoms. The van der Waals surface area contributed by atoms with Crippen molar-refractivity contribution in [3.05, 3.63) is 35.9 Å². The van der Waals surface area contributed by atoms with E-state index in [1.54, 1.807) is 0 Å². The fourth-order valence-corrected chi connectivity index (χ4v) is 2.59. The van der Waals surface area contributed by atoms with Crippen molar-refractivity contribution >= 4 is 11.8 Å². The molecule has 0 radical (unpaired) electrons. The molecule has 0 aliphatic carbocycles. The molecule has 0 fully saturated rings. The summed E-state index contributed by atoms with van der Waals surface area (Å²) < 4.78 is 0. The fourth-order valence-electron chi connectivity index (χ4n) is 2.01. The molecule has 2 unspecified atom stereocenters. The summed E-state index contributed by atoms with van der Waals surface area (Å²) in [5, 5.41) is 0. The second-order valence-corrected chi connectivity index (χ2v) is 5.44. The summed E-state index contributed by atoms with van der Waals surface area (Å²) in [4.78, 5) is 2.39. The molecular formula is C14H24N2S. The lowest BCUT2D eigenvalue weighted by molar-refractivity contribution is 0.185. The van der Waals surface area contributed by atoms with Gasteiger partial charge in [-0.15, -0.1) is 0 Å². The van der Waals surface area contributed by atoms with Crippen LogP contribution >= 0.6 is 11.8 Å². The molecule has 96 valence electrons. The molecule has 0 saturated carbocycles. The van der Waals surface area contributed by atoms with Gasteiger partial charge in [-0.3, -0.25) is 4.90 Å². The number of nitrogens with two attached hydrogens (primary N) is 1. The molecule has 0 amide bonds. The summed E-state index contributed by atoms with van der Waals surface area (Å²) in [6.45, 7) is 2.95. The van der Waals surface area contributed by atoms with E-state index in [0.29, 0.717) is 18.6 Å². The second kappa shape index (κ2) is 7.75. The minimum atomic E-state index is 0.327. The van der Waals surface area contributed by atoms with Gasteiger partial charge in [0.1, 0.15) is 0 Å². The predicted octanol–water partition coefficient (Wildman–Crippen LogP) is 2.76. The van der Waals surface area contributed by atoms with E-state index in [1.165, 1.54) is 17.7 Å². The molecule has 17 heavy (non-hydrogen) atoms. The third-order valence-electron chi connectivity index (χ3n) is 3.33. The molecule has 0 heterocycles. The van der Waals surface area contributed by atoms with Crippen molar-refractivity contribution in [2.24, 2.45) is 5.73 Å². The third kappa shape index (κ3) is 4.34. The summed E-state index contributed by atoms with van der Waals surface area (Å²) in [6, 6.07) is 11.4. The summed E-state index contributed by atoms with van der Waals surface area (Å²) >= 11 is 1.90. The van der Waals surface area contributed by atoms with E-state index in [0.717, 1.165) is 0 Å². The maximum absolute atomic E-state index is 5.93. The van der Waals surface area contributed by atoms with Crippen LogP contribution in [-0.4, -0.2) is 36.5 Å². The van der Waals surface area contributed by atoms with E-state index in [4.69, 9.17) is 5.73 Å². The number of rotatable bonds is 7. The topological polar surface area (TPSA) is 29.3 Å². The first-order chi connectivity index (χ1) is 8.20. The Labute approximate surface area is 110 Å². The third-order valence-corrected chi connectivity index (χ3v) is 3.98. The van der Waals surface area contributed by atoms with Crippen LogP contribution in [0.4, 0.5) is 0 Å². The minimum Gasteiger partial charge on any atom is -0.329 e. The number of benzene rings is 1. The first-order valence-corrected chi connectivity index (χ1v) is 7.56. The zero-order valence-electron chi connectivity index (χ0n) is 11.1. The van der Waals surface area contributed by atoms with Gasteiger partial charge in [0.15, 0.2) is 0 Å². The molecule has 0 spiro atoms. The lowest BCUT2D eigenvalue weighted by Crippen LogP contribution is -2.37. The summed E-state index contributed by atoms with van der Waals surface area (Å²) in [7, 11) is 2.18. The highest BCUT2D eigenvalue weighted by atomic mass is 32.2. The van der Waals surface area contributed by atoms with E-state index in [1.807, 2.05) is 17.8 Å². The van der Waals surface area contributed by atoms with Gasteiger partial charge in [0, 0.05) is 18.6 Å². The number of thioether (sulfide) groups is 1. The predicted molar refractivity (Wildman–Crippen MR) is 78.5 cm³/mol. The SMILES string of the molecule is CSCCC(C)N(C)C(CN)c1ccccc1. The molecule has 0 aliphatic rings. The number of hydrogen-bond acceptors (Lipinski definition) is 3. The van der Waals surface area contributed by atoms with Crippen LogP contribution in [0.2, 0.25) is 0 Å². The van der Waals surface area contributed by atoms with Gasteiger partial charge in [0.25, 0.3) is 0 Å². The minimum absolute atomic E-state index is 0.327. The Kier molecular flexibility index (Phi) is 6.63. The van der Waals surface area contributed by atoms with Crippen LogP contribution in [-0.2, 0) is 0 Å².